The van der Waals surface area contributed by atoms with Gasteiger partial charge < -0.3 is 9.55 Å². The number of thioether (sulfide) groups is 1. The van der Waals surface area contributed by atoms with E-state index in [-0.39, 0.29) is 5.52 Å². The maximum absolute atomic E-state index is 13.8. The Hall–Kier alpha value is -1.14. The number of aryl methyl sites for hydroxylation is 1. The third-order valence-corrected chi connectivity index (χ3v) is 3.79. The number of rotatable bonds is 5. The number of aromatic amines is 1. The number of aromatic nitrogens is 2. The van der Waals surface area contributed by atoms with E-state index in [2.05, 4.69) is 11.6 Å². The minimum Gasteiger partial charge on any atom is -0.330 e. The van der Waals surface area contributed by atoms with Gasteiger partial charge in [-0.3, -0.25) is 0 Å². The molecule has 2 rings (SSSR count). The van der Waals surface area contributed by atoms with Crippen LogP contribution in [0.3, 0.4) is 0 Å². The lowest BCUT2D eigenvalue weighted by atomic mass is 10.3. The first-order valence-corrected chi connectivity index (χ1v) is 6.96. The number of hydrogen-bond donors (Lipinski definition) is 1. The fourth-order valence-corrected chi connectivity index (χ4v) is 2.66. The van der Waals surface area contributed by atoms with Gasteiger partial charge in [-0.2, -0.15) is 11.8 Å². The molecular weight excluding hydrogens is 274 g/mol. The van der Waals surface area contributed by atoms with Gasteiger partial charge in [-0.25, -0.2) is 8.78 Å². The largest absolute Gasteiger partial charge is 0.330 e. The van der Waals surface area contributed by atoms with E-state index >= 15 is 0 Å². The second kappa shape index (κ2) is 5.67. The molecule has 1 aromatic carbocycles. The molecule has 0 unspecified atom stereocenters. The van der Waals surface area contributed by atoms with Gasteiger partial charge in [0.05, 0.1) is 5.52 Å². The van der Waals surface area contributed by atoms with Gasteiger partial charge in [-0.1, -0.05) is 6.08 Å². The normalized spacial score (nSPS) is 11.0. The highest BCUT2D eigenvalue weighted by molar-refractivity contribution is 7.99. The molecule has 0 aliphatic carbocycles. The van der Waals surface area contributed by atoms with Crippen LogP contribution in [0.5, 0.6) is 0 Å². The molecule has 0 atom stereocenters. The highest BCUT2D eigenvalue weighted by Crippen LogP contribution is 2.20. The van der Waals surface area contributed by atoms with E-state index in [1.165, 1.54) is 6.07 Å². The topological polar surface area (TPSA) is 20.7 Å². The lowest BCUT2D eigenvalue weighted by Crippen LogP contribution is -2.02. The third-order valence-electron chi connectivity index (χ3n) is 2.52. The average molecular weight is 286 g/mol. The lowest BCUT2D eigenvalue weighted by Gasteiger charge is -2.04. The van der Waals surface area contributed by atoms with Crippen molar-refractivity contribution < 1.29 is 8.78 Å². The van der Waals surface area contributed by atoms with Crippen LogP contribution in [-0.2, 0) is 6.54 Å². The number of halogens is 2. The Morgan fingerprint density at radius 1 is 1.44 bits per heavy atom. The number of nitrogens with zero attached hydrogens (tertiary/aromatic N) is 1. The quantitative estimate of drug-likeness (QED) is 0.511. The Bertz CT molecular complexity index is 631. The van der Waals surface area contributed by atoms with E-state index in [1.807, 2.05) is 0 Å². The lowest BCUT2D eigenvalue weighted by molar-refractivity contribution is 0.512. The van der Waals surface area contributed by atoms with E-state index in [0.717, 1.165) is 17.6 Å². The molecule has 1 heterocycles. The van der Waals surface area contributed by atoms with Crippen LogP contribution >= 0.6 is 24.0 Å². The van der Waals surface area contributed by atoms with Crippen molar-refractivity contribution in [2.24, 2.45) is 0 Å². The van der Waals surface area contributed by atoms with Gasteiger partial charge in [0.1, 0.15) is 5.52 Å². The van der Waals surface area contributed by atoms with Gasteiger partial charge in [0.15, 0.2) is 16.4 Å². The van der Waals surface area contributed by atoms with Crippen molar-refractivity contribution in [3.8, 4) is 0 Å². The fraction of sp³-hybridized carbons (Fsp3) is 0.250. The number of hydrogen-bond acceptors (Lipinski definition) is 2. The van der Waals surface area contributed by atoms with E-state index in [4.69, 9.17) is 12.2 Å². The molecule has 0 aliphatic heterocycles. The van der Waals surface area contributed by atoms with Gasteiger partial charge in [-0.05, 0) is 24.4 Å². The maximum atomic E-state index is 13.8. The zero-order valence-electron chi connectivity index (χ0n) is 9.58. The minimum absolute atomic E-state index is 0.208. The molecular formula is C12H12F2N2S2. The number of H-pyrrole nitrogens is 1. The second-order valence-electron chi connectivity index (χ2n) is 3.70. The van der Waals surface area contributed by atoms with Crippen LogP contribution in [0.1, 0.15) is 0 Å². The van der Waals surface area contributed by atoms with E-state index < -0.39 is 11.6 Å². The van der Waals surface area contributed by atoms with Crippen LogP contribution in [0.4, 0.5) is 8.78 Å². The highest BCUT2D eigenvalue weighted by atomic mass is 32.2. The highest BCUT2D eigenvalue weighted by Gasteiger charge is 2.13. The first-order valence-electron chi connectivity index (χ1n) is 5.40. The van der Waals surface area contributed by atoms with Gasteiger partial charge in [-0.15, -0.1) is 6.58 Å². The number of nitrogens with one attached hydrogen (secondary N) is 1. The summed E-state index contributed by atoms with van der Waals surface area (Å²) in [6.45, 7) is 4.16. The van der Waals surface area contributed by atoms with Gasteiger partial charge in [0.2, 0.25) is 0 Å². The Morgan fingerprint density at radius 3 is 2.94 bits per heavy atom. The summed E-state index contributed by atoms with van der Waals surface area (Å²) >= 11 is 6.79. The Kier molecular flexibility index (Phi) is 4.19. The summed E-state index contributed by atoms with van der Waals surface area (Å²) in [5.74, 6) is -0.118. The van der Waals surface area contributed by atoms with Crippen molar-refractivity contribution >= 4 is 35.0 Å². The SMILES string of the molecule is C=CCSCCn1c(=S)[nH]c2ccc(F)c(F)c21. The van der Waals surface area contributed by atoms with Crippen LogP contribution < -0.4 is 0 Å². The molecule has 6 heteroatoms. The molecule has 0 bridgehead atoms. The second-order valence-corrected chi connectivity index (χ2v) is 5.24. The Morgan fingerprint density at radius 2 is 2.22 bits per heavy atom. The van der Waals surface area contributed by atoms with E-state index in [1.54, 1.807) is 22.4 Å². The molecule has 2 nitrogen and oxygen atoms in total. The van der Waals surface area contributed by atoms with Crippen LogP contribution in [0.15, 0.2) is 24.8 Å². The van der Waals surface area contributed by atoms with Crippen molar-refractivity contribution in [3.05, 3.63) is 41.2 Å². The summed E-state index contributed by atoms with van der Waals surface area (Å²) in [7, 11) is 0. The van der Waals surface area contributed by atoms with E-state index in [0.29, 0.717) is 16.8 Å². The molecule has 0 aliphatic rings. The Labute approximate surface area is 113 Å². The first-order chi connectivity index (χ1) is 8.65. The van der Waals surface area contributed by atoms with Crippen LogP contribution in [0.2, 0.25) is 0 Å². The first kappa shape index (κ1) is 13.3. The third kappa shape index (κ3) is 2.49. The molecule has 1 N–H and O–H groups in total. The molecule has 1 aromatic heterocycles. The molecule has 18 heavy (non-hydrogen) atoms. The maximum Gasteiger partial charge on any atom is 0.184 e. The smallest absolute Gasteiger partial charge is 0.184 e. The zero-order chi connectivity index (χ0) is 13.1. The van der Waals surface area contributed by atoms with Crippen LogP contribution in [0, 0.1) is 16.4 Å². The van der Waals surface area contributed by atoms with Crippen molar-refractivity contribution in [2.45, 2.75) is 6.54 Å². The molecule has 0 radical (unpaired) electrons. The van der Waals surface area contributed by atoms with Crippen molar-refractivity contribution in [1.82, 2.24) is 9.55 Å². The summed E-state index contributed by atoms with van der Waals surface area (Å²) < 4.78 is 29.0. The van der Waals surface area contributed by atoms with E-state index in [9.17, 15) is 8.78 Å². The average Bonchev–Trinajstić information content (AvgIpc) is 2.67. The number of imidazole rings is 1. The van der Waals surface area contributed by atoms with Crippen molar-refractivity contribution in [2.75, 3.05) is 11.5 Å². The molecule has 0 saturated heterocycles. The van der Waals surface area contributed by atoms with Crippen molar-refractivity contribution in [3.63, 3.8) is 0 Å². The van der Waals surface area contributed by atoms with Gasteiger partial charge >= 0.3 is 0 Å². The predicted octanol–water partition coefficient (Wildman–Crippen LogP) is 3.90. The van der Waals surface area contributed by atoms with Gasteiger partial charge in [0.25, 0.3) is 0 Å². The molecule has 2 aromatic rings. The number of benzene rings is 1. The molecule has 0 amide bonds. The van der Waals surface area contributed by atoms with Crippen LogP contribution in [0.25, 0.3) is 11.0 Å². The minimum atomic E-state index is -0.857. The molecule has 0 fully saturated rings. The standard InChI is InChI=1S/C12H12F2N2S2/c1-2-6-18-7-5-16-11-9(15-12(16)17)4-3-8(13)10(11)14/h2-4H,1,5-7H2,(H,15,17). The van der Waals surface area contributed by atoms with Crippen LogP contribution in [-0.4, -0.2) is 21.1 Å². The monoisotopic (exact) mass is 286 g/mol. The Balaban J connectivity index is 2.37. The van der Waals surface area contributed by atoms with Gasteiger partial charge in [0, 0.05) is 18.1 Å². The number of fused-ring (bicyclic) bond motifs is 1. The summed E-state index contributed by atoms with van der Waals surface area (Å²) in [6, 6.07) is 2.59. The summed E-state index contributed by atoms with van der Waals surface area (Å²) in [4.78, 5) is 2.88. The summed E-state index contributed by atoms with van der Waals surface area (Å²) in [6.07, 6.45) is 1.80. The predicted molar refractivity (Wildman–Crippen MR) is 74.6 cm³/mol. The molecule has 0 spiro atoms. The van der Waals surface area contributed by atoms with Crippen molar-refractivity contribution in [1.29, 1.82) is 0 Å². The summed E-state index contributed by atoms with van der Waals surface area (Å²) in [5, 5.41) is 0. The zero-order valence-corrected chi connectivity index (χ0v) is 11.2. The fourth-order valence-electron chi connectivity index (χ4n) is 1.72. The molecule has 96 valence electrons. The molecule has 0 saturated carbocycles. The summed E-state index contributed by atoms with van der Waals surface area (Å²) in [5.41, 5.74) is 0.729.